The third-order valence-corrected chi connectivity index (χ3v) is 1.28. The normalized spacial score (nSPS) is 7.83. The lowest BCUT2D eigenvalue weighted by Crippen LogP contribution is -1.72. The molecule has 1 rings (SSSR count). The molecule has 0 bridgehead atoms. The molecule has 1 nitrogen and oxygen atoms in total. The van der Waals surface area contributed by atoms with Gasteiger partial charge in [-0.3, -0.25) is 4.79 Å². The maximum atomic E-state index is 8.57. The molecule has 64 valence electrons. The van der Waals surface area contributed by atoms with E-state index in [1.54, 1.807) is 0 Å². The van der Waals surface area contributed by atoms with Gasteiger partial charge in [0.2, 0.25) is 5.75 Å². The molecule has 0 unspecified atom stereocenters. The molecule has 0 N–H and O–H groups in total. The highest BCUT2D eigenvalue weighted by molar-refractivity contribution is 6.54. The molecule has 12 heavy (non-hydrogen) atoms. The van der Waals surface area contributed by atoms with E-state index in [1.807, 2.05) is 18.2 Å². The number of hydrogen-bond acceptors (Lipinski definition) is 1. The van der Waals surface area contributed by atoms with Crippen molar-refractivity contribution in [3.63, 3.8) is 0 Å². The summed E-state index contributed by atoms with van der Waals surface area (Å²) in [5.41, 5.74) is 2.47. The molecule has 0 amide bonds. The summed E-state index contributed by atoms with van der Waals surface area (Å²) in [7, 11) is 0. The van der Waals surface area contributed by atoms with Crippen LogP contribution in [0.5, 0.6) is 0 Å². The predicted molar refractivity (Wildman–Crippen MR) is 53.9 cm³/mol. The average Bonchev–Trinajstić information content (AvgIpc) is 2.06. The third kappa shape index (κ3) is 4.69. The molecule has 0 saturated carbocycles. The quantitative estimate of drug-likeness (QED) is 0.482. The molecule has 2 heteroatoms. The number of carbonyl (C=O) groups excluding carboxylic acids is 1. The van der Waals surface area contributed by atoms with Crippen LogP contribution < -0.4 is 0 Å². The predicted octanol–water partition coefficient (Wildman–Crippen LogP) is 3.05. The number of benzene rings is 1. The zero-order chi connectivity index (χ0) is 9.40. The smallest absolute Gasteiger partial charge is 0.208 e. The van der Waals surface area contributed by atoms with Gasteiger partial charge < -0.3 is 0 Å². The van der Waals surface area contributed by atoms with Crippen LogP contribution in [0.1, 0.15) is 11.1 Å². The molecule has 0 radical (unpaired) electrons. The van der Waals surface area contributed by atoms with Crippen LogP contribution in [0.15, 0.2) is 30.8 Å². The fourth-order valence-corrected chi connectivity index (χ4v) is 0.797. The summed E-state index contributed by atoms with van der Waals surface area (Å²) in [5, 5.41) is 0. The Kier molecular flexibility index (Phi) is 6.02. The van der Waals surface area contributed by atoms with Crippen molar-refractivity contribution in [2.45, 2.75) is 6.92 Å². The van der Waals surface area contributed by atoms with E-state index >= 15 is 0 Å². The van der Waals surface area contributed by atoms with E-state index in [-0.39, 0.29) is 5.75 Å². The number of halogens is 1. The van der Waals surface area contributed by atoms with Crippen LogP contribution in [0.25, 0.3) is 6.08 Å². The highest BCUT2D eigenvalue weighted by Crippen LogP contribution is 2.03. The first-order chi connectivity index (χ1) is 5.74. The van der Waals surface area contributed by atoms with E-state index in [4.69, 9.17) is 4.79 Å². The van der Waals surface area contributed by atoms with Gasteiger partial charge in [-0.2, -0.15) is 0 Å². The van der Waals surface area contributed by atoms with Crippen LogP contribution in [-0.2, 0) is 4.79 Å². The maximum Gasteiger partial charge on any atom is 0.208 e. The molecular formula is C10H11ClO. The van der Waals surface area contributed by atoms with Gasteiger partial charge in [0.25, 0.3) is 0 Å². The average molecular weight is 183 g/mol. The first-order valence-electron chi connectivity index (χ1n) is 3.47. The fraction of sp³-hybridized carbons (Fsp3) is 0.100. The van der Waals surface area contributed by atoms with Crippen LogP contribution in [0.2, 0.25) is 0 Å². The van der Waals surface area contributed by atoms with E-state index in [2.05, 4.69) is 37.2 Å². The summed E-state index contributed by atoms with van der Waals surface area (Å²) in [4.78, 5) is 8.57. The van der Waals surface area contributed by atoms with Gasteiger partial charge in [-0.05, 0) is 24.1 Å². The Morgan fingerprint density at radius 3 is 2.42 bits per heavy atom. The van der Waals surface area contributed by atoms with Crippen molar-refractivity contribution in [1.29, 1.82) is 0 Å². The van der Waals surface area contributed by atoms with Crippen molar-refractivity contribution < 1.29 is 4.79 Å². The van der Waals surface area contributed by atoms with Gasteiger partial charge in [-0.15, -0.1) is 0 Å². The fourth-order valence-electron chi connectivity index (χ4n) is 0.797. The van der Waals surface area contributed by atoms with Gasteiger partial charge in [0.15, 0.2) is 0 Å². The van der Waals surface area contributed by atoms with Crippen molar-refractivity contribution in [2.75, 3.05) is 0 Å². The van der Waals surface area contributed by atoms with Gasteiger partial charge in [0, 0.05) is 0 Å². The first-order valence-corrected chi connectivity index (χ1v) is 3.91. The molecule has 0 atom stereocenters. The van der Waals surface area contributed by atoms with Crippen molar-refractivity contribution >= 4 is 23.4 Å². The summed E-state index contributed by atoms with van der Waals surface area (Å²) in [6.07, 6.45) is 1.85. The molecule has 1 aromatic carbocycles. The Labute approximate surface area is 77.7 Å². The summed E-state index contributed by atoms with van der Waals surface area (Å²) < 4.78 is 0. The molecule has 0 fully saturated rings. The van der Waals surface area contributed by atoms with Crippen molar-refractivity contribution in [1.82, 2.24) is 0 Å². The van der Waals surface area contributed by atoms with E-state index in [1.165, 1.54) is 11.1 Å². The van der Waals surface area contributed by atoms with Crippen LogP contribution >= 0.6 is 11.6 Å². The minimum Gasteiger partial charge on any atom is -0.285 e. The standard InChI is InChI=1S/C9H10.CHClO/c1-3-9-6-4-5-8(2)7-9;2-1-3/h3-7H,1H2,2H3;1H. The SMILES string of the molecule is C=Cc1cccc(C)c1.O=CCl. The first kappa shape index (κ1) is 10.9. The van der Waals surface area contributed by atoms with Gasteiger partial charge in [0.1, 0.15) is 0 Å². The van der Waals surface area contributed by atoms with Gasteiger partial charge >= 0.3 is 0 Å². The highest BCUT2D eigenvalue weighted by Gasteiger charge is 1.83. The second-order valence-corrected chi connectivity index (χ2v) is 2.39. The van der Waals surface area contributed by atoms with E-state index in [0.717, 1.165) is 0 Å². The molecule has 0 aliphatic carbocycles. The second kappa shape index (κ2) is 6.62. The number of aryl methyl sites for hydroxylation is 1. The van der Waals surface area contributed by atoms with Crippen LogP contribution in [0.3, 0.4) is 0 Å². The zero-order valence-electron chi connectivity index (χ0n) is 6.96. The Bertz CT molecular complexity index is 256. The third-order valence-electron chi connectivity index (χ3n) is 1.28. The van der Waals surface area contributed by atoms with Crippen molar-refractivity contribution in [3.8, 4) is 0 Å². The summed E-state index contributed by atoms with van der Waals surface area (Å²) >= 11 is 4.32. The molecule has 0 saturated heterocycles. The van der Waals surface area contributed by atoms with Gasteiger partial charge in [0.05, 0.1) is 0 Å². The number of hydrogen-bond donors (Lipinski definition) is 0. The van der Waals surface area contributed by atoms with Gasteiger partial charge in [-0.1, -0.05) is 42.5 Å². The lowest BCUT2D eigenvalue weighted by atomic mass is 10.1. The molecule has 0 aromatic heterocycles. The Morgan fingerprint density at radius 2 is 2.08 bits per heavy atom. The number of carbonyl (C=O) groups is 1. The lowest BCUT2D eigenvalue weighted by molar-refractivity contribution is 0.569. The minimum absolute atomic E-state index is 0.222. The lowest BCUT2D eigenvalue weighted by Gasteiger charge is -1.92. The zero-order valence-corrected chi connectivity index (χ0v) is 7.71. The monoisotopic (exact) mass is 182 g/mol. The molecule has 1 aromatic rings. The highest BCUT2D eigenvalue weighted by atomic mass is 35.5. The van der Waals surface area contributed by atoms with E-state index in [0.29, 0.717) is 0 Å². The summed E-state index contributed by atoms with van der Waals surface area (Å²) in [6.45, 7) is 5.75. The molecule has 0 aliphatic heterocycles. The molecule has 0 aliphatic rings. The molecule has 0 heterocycles. The van der Waals surface area contributed by atoms with Crippen LogP contribution in [-0.4, -0.2) is 5.75 Å². The van der Waals surface area contributed by atoms with Gasteiger partial charge in [-0.25, -0.2) is 0 Å². The summed E-state index contributed by atoms with van der Waals surface area (Å²) in [6, 6.07) is 8.26. The topological polar surface area (TPSA) is 17.1 Å². The Morgan fingerprint density at radius 1 is 1.50 bits per heavy atom. The Balaban J connectivity index is 0.000000354. The minimum atomic E-state index is 0.222. The van der Waals surface area contributed by atoms with E-state index in [9.17, 15) is 0 Å². The largest absolute Gasteiger partial charge is 0.285 e. The Hall–Kier alpha value is -1.08. The van der Waals surface area contributed by atoms with Crippen molar-refractivity contribution in [2.24, 2.45) is 0 Å². The second-order valence-electron chi connectivity index (χ2n) is 2.21. The number of rotatable bonds is 1. The van der Waals surface area contributed by atoms with E-state index < -0.39 is 0 Å². The molecule has 0 spiro atoms. The van der Waals surface area contributed by atoms with Crippen LogP contribution in [0.4, 0.5) is 0 Å². The molecular weight excluding hydrogens is 172 g/mol. The van der Waals surface area contributed by atoms with Crippen molar-refractivity contribution in [3.05, 3.63) is 42.0 Å². The maximum absolute atomic E-state index is 8.57. The summed E-state index contributed by atoms with van der Waals surface area (Å²) in [5.74, 6) is 0.222. The van der Waals surface area contributed by atoms with Crippen LogP contribution in [0, 0.1) is 6.92 Å².